The summed E-state index contributed by atoms with van der Waals surface area (Å²) in [6.45, 7) is 13.1. The van der Waals surface area contributed by atoms with Crippen LogP contribution in [0.2, 0.25) is 0 Å². The van der Waals surface area contributed by atoms with Crippen LogP contribution in [-0.2, 0) is 10.2 Å². The van der Waals surface area contributed by atoms with Gasteiger partial charge in [0, 0.05) is 30.4 Å². The van der Waals surface area contributed by atoms with Gasteiger partial charge in [0.15, 0.2) is 5.72 Å². The zero-order valence-corrected chi connectivity index (χ0v) is 22.1. The highest BCUT2D eigenvalue weighted by Gasteiger charge is 2.51. The third-order valence-corrected chi connectivity index (χ3v) is 8.71. The Kier molecular flexibility index (Phi) is 6.98. The molecular weight excluding hydrogens is 426 g/mol. The SMILES string of the molecule is CCCCCCC(C)(C)c1cc2c3c(c1)OC(C)(C)[C@@H]1CC[C@@H](C[C@@H]31)C(=O)NC(C)(CCO)O2. The fraction of sp³-hybridized carbons (Fsp3) is 0.759. The van der Waals surface area contributed by atoms with Gasteiger partial charge in [-0.1, -0.05) is 46.5 Å². The Morgan fingerprint density at radius 1 is 1.09 bits per heavy atom. The first kappa shape index (κ1) is 25.3. The quantitative estimate of drug-likeness (QED) is 0.442. The summed E-state index contributed by atoms with van der Waals surface area (Å²) < 4.78 is 13.4. The zero-order valence-electron chi connectivity index (χ0n) is 22.1. The van der Waals surface area contributed by atoms with Gasteiger partial charge in [-0.2, -0.15) is 0 Å². The van der Waals surface area contributed by atoms with Gasteiger partial charge >= 0.3 is 0 Å². The van der Waals surface area contributed by atoms with Crippen molar-refractivity contribution in [2.45, 2.75) is 122 Å². The van der Waals surface area contributed by atoms with Crippen LogP contribution < -0.4 is 14.8 Å². The molecule has 0 radical (unpaired) electrons. The topological polar surface area (TPSA) is 67.8 Å². The maximum atomic E-state index is 13.2. The molecule has 1 unspecified atom stereocenters. The number of carbonyl (C=O) groups is 1. The first-order valence-corrected chi connectivity index (χ1v) is 13.5. The predicted molar refractivity (Wildman–Crippen MR) is 135 cm³/mol. The molecule has 1 aromatic rings. The second-order valence-electron chi connectivity index (χ2n) is 12.3. The van der Waals surface area contributed by atoms with Crippen LogP contribution in [0, 0.1) is 11.8 Å². The van der Waals surface area contributed by atoms with Crippen LogP contribution in [0.4, 0.5) is 0 Å². The molecule has 2 bridgehead atoms. The summed E-state index contributed by atoms with van der Waals surface area (Å²) >= 11 is 0. The molecule has 2 heterocycles. The fourth-order valence-electron chi connectivity index (χ4n) is 6.54. The van der Waals surface area contributed by atoms with E-state index < -0.39 is 5.72 Å². The number of hydrogen-bond acceptors (Lipinski definition) is 4. The number of nitrogens with one attached hydrogen (secondary N) is 1. The van der Waals surface area contributed by atoms with Crippen molar-refractivity contribution in [3.63, 3.8) is 0 Å². The molecule has 0 saturated heterocycles. The average Bonchev–Trinajstić information content (AvgIpc) is 2.78. The van der Waals surface area contributed by atoms with Crippen molar-refractivity contribution >= 4 is 5.91 Å². The minimum Gasteiger partial charge on any atom is -0.487 e. The smallest absolute Gasteiger partial charge is 0.226 e. The predicted octanol–water partition coefficient (Wildman–Crippen LogP) is 6.21. The van der Waals surface area contributed by atoms with E-state index in [0.29, 0.717) is 12.3 Å². The number of aliphatic hydroxyl groups is 1. The second-order valence-corrected chi connectivity index (χ2v) is 12.3. The van der Waals surface area contributed by atoms with Gasteiger partial charge in [0.1, 0.15) is 17.1 Å². The Bertz CT molecular complexity index is 908. The van der Waals surface area contributed by atoms with Crippen LogP contribution in [0.15, 0.2) is 12.1 Å². The molecule has 0 aromatic heterocycles. The van der Waals surface area contributed by atoms with E-state index in [9.17, 15) is 9.90 Å². The second kappa shape index (κ2) is 9.37. The lowest BCUT2D eigenvalue weighted by molar-refractivity contribution is -0.133. The Balaban J connectivity index is 1.81. The number of ether oxygens (including phenoxy) is 2. The molecule has 1 aliphatic carbocycles. The number of hydrogen-bond donors (Lipinski definition) is 2. The molecular formula is C29H45NO4. The summed E-state index contributed by atoms with van der Waals surface area (Å²) in [5.41, 5.74) is 1.08. The monoisotopic (exact) mass is 471 g/mol. The first-order valence-electron chi connectivity index (χ1n) is 13.5. The van der Waals surface area contributed by atoms with Gasteiger partial charge < -0.3 is 19.9 Å². The van der Waals surface area contributed by atoms with E-state index in [0.717, 1.165) is 42.7 Å². The summed E-state index contributed by atoms with van der Waals surface area (Å²) in [6, 6.07) is 4.45. The van der Waals surface area contributed by atoms with Crippen molar-refractivity contribution in [1.29, 1.82) is 0 Å². The number of unbranched alkanes of at least 4 members (excludes halogenated alkanes) is 3. The molecule has 4 atom stereocenters. The third-order valence-electron chi connectivity index (χ3n) is 8.71. The van der Waals surface area contributed by atoms with Crippen molar-refractivity contribution in [2.24, 2.45) is 11.8 Å². The number of fused-ring (bicyclic) bond motifs is 1. The standard InChI is InChI=1S/C29H45NO4/c1-7-8-9-10-13-27(2,3)20-17-23-25-21-16-19(11-12-22(21)28(4,5)33-23)26(32)30-29(6,14-15-31)34-24(25)18-20/h17-19,21-22,31H,7-16H2,1-6H3,(H,30,32)/t19-,21+,22+,29?/m0/s1. The first-order chi connectivity index (χ1) is 16.0. The molecule has 1 fully saturated rings. The van der Waals surface area contributed by atoms with Gasteiger partial charge in [-0.25, -0.2) is 0 Å². The van der Waals surface area contributed by atoms with Crippen molar-refractivity contribution in [3.8, 4) is 11.5 Å². The number of aliphatic hydroxyl groups excluding tert-OH is 1. The lowest BCUT2D eigenvalue weighted by atomic mass is 9.63. The van der Waals surface area contributed by atoms with Gasteiger partial charge in [0.25, 0.3) is 0 Å². The summed E-state index contributed by atoms with van der Waals surface area (Å²) in [5, 5.41) is 12.9. The summed E-state index contributed by atoms with van der Waals surface area (Å²) in [4.78, 5) is 13.2. The summed E-state index contributed by atoms with van der Waals surface area (Å²) in [6.07, 6.45) is 9.06. The fourth-order valence-corrected chi connectivity index (χ4v) is 6.54. The lowest BCUT2D eigenvalue weighted by Crippen LogP contribution is -2.53. The number of benzene rings is 1. The summed E-state index contributed by atoms with van der Waals surface area (Å²) in [5.74, 6) is 2.33. The Morgan fingerprint density at radius 3 is 2.47 bits per heavy atom. The van der Waals surface area contributed by atoms with Crippen LogP contribution in [-0.4, -0.2) is 28.9 Å². The van der Waals surface area contributed by atoms with E-state index in [4.69, 9.17) is 9.47 Å². The minimum absolute atomic E-state index is 0.0167. The van der Waals surface area contributed by atoms with Crippen molar-refractivity contribution in [2.75, 3.05) is 6.61 Å². The molecule has 5 heteroatoms. The van der Waals surface area contributed by atoms with E-state index in [2.05, 4.69) is 52.1 Å². The minimum atomic E-state index is -0.955. The number of amides is 1. The molecule has 1 amide bonds. The molecule has 4 rings (SSSR count). The molecule has 0 spiro atoms. The van der Waals surface area contributed by atoms with E-state index in [1.165, 1.54) is 31.2 Å². The number of carbonyl (C=O) groups excluding carboxylic acids is 1. The highest BCUT2D eigenvalue weighted by Crippen LogP contribution is 2.57. The molecule has 1 saturated carbocycles. The molecule has 1 aromatic carbocycles. The lowest BCUT2D eigenvalue weighted by Gasteiger charge is -2.49. The molecule has 34 heavy (non-hydrogen) atoms. The average molecular weight is 472 g/mol. The molecule has 5 nitrogen and oxygen atoms in total. The number of rotatable bonds is 8. The van der Waals surface area contributed by atoms with Gasteiger partial charge in [0.2, 0.25) is 5.91 Å². The Hall–Kier alpha value is -1.75. The van der Waals surface area contributed by atoms with Gasteiger partial charge in [-0.15, -0.1) is 0 Å². The highest BCUT2D eigenvalue weighted by molar-refractivity contribution is 5.80. The van der Waals surface area contributed by atoms with Crippen LogP contribution in [0.25, 0.3) is 0 Å². The Labute approximate surface area is 206 Å². The largest absolute Gasteiger partial charge is 0.487 e. The normalized spacial score (nSPS) is 29.7. The van der Waals surface area contributed by atoms with E-state index in [1.54, 1.807) is 0 Å². The summed E-state index contributed by atoms with van der Waals surface area (Å²) in [7, 11) is 0. The molecule has 2 aliphatic heterocycles. The van der Waals surface area contributed by atoms with E-state index in [1.807, 2.05) is 6.92 Å². The van der Waals surface area contributed by atoms with Crippen LogP contribution in [0.5, 0.6) is 11.5 Å². The van der Waals surface area contributed by atoms with Crippen molar-refractivity contribution < 1.29 is 19.4 Å². The van der Waals surface area contributed by atoms with Gasteiger partial charge in [0.05, 0.1) is 0 Å². The molecule has 2 N–H and O–H groups in total. The van der Waals surface area contributed by atoms with Crippen LogP contribution in [0.3, 0.4) is 0 Å². The third kappa shape index (κ3) is 4.82. The van der Waals surface area contributed by atoms with E-state index in [-0.39, 0.29) is 35.4 Å². The maximum absolute atomic E-state index is 13.2. The van der Waals surface area contributed by atoms with Crippen LogP contribution >= 0.6 is 0 Å². The molecule has 3 aliphatic rings. The molecule has 190 valence electrons. The van der Waals surface area contributed by atoms with Gasteiger partial charge in [-0.05, 0) is 75.5 Å². The Morgan fingerprint density at radius 2 is 1.79 bits per heavy atom. The van der Waals surface area contributed by atoms with E-state index >= 15 is 0 Å². The maximum Gasteiger partial charge on any atom is 0.226 e. The van der Waals surface area contributed by atoms with Gasteiger partial charge in [-0.3, -0.25) is 4.79 Å². The zero-order chi connectivity index (χ0) is 24.7. The van der Waals surface area contributed by atoms with Crippen molar-refractivity contribution in [3.05, 3.63) is 23.3 Å². The van der Waals surface area contributed by atoms with Crippen molar-refractivity contribution in [1.82, 2.24) is 5.32 Å². The highest BCUT2D eigenvalue weighted by atomic mass is 16.5. The van der Waals surface area contributed by atoms with Crippen LogP contribution in [0.1, 0.15) is 116 Å².